The van der Waals surface area contributed by atoms with Gasteiger partial charge in [0.25, 0.3) is 0 Å². The number of fused-ring (bicyclic) bond motifs is 1. The van der Waals surface area contributed by atoms with E-state index < -0.39 is 0 Å². The third-order valence-electron chi connectivity index (χ3n) is 5.95. The predicted octanol–water partition coefficient (Wildman–Crippen LogP) is 0.0699. The van der Waals surface area contributed by atoms with E-state index >= 15 is 0 Å². The predicted molar refractivity (Wildman–Crippen MR) is 132 cm³/mol. The van der Waals surface area contributed by atoms with Crippen molar-refractivity contribution in [3.05, 3.63) is 48.0 Å². The molecule has 9 heteroatoms. The second-order valence-corrected chi connectivity index (χ2v) is 8.42. The number of rotatable bonds is 10. The van der Waals surface area contributed by atoms with Crippen LogP contribution in [0.25, 0.3) is 10.8 Å². The fourth-order valence-electron chi connectivity index (χ4n) is 4.14. The summed E-state index contributed by atoms with van der Waals surface area (Å²) in [6, 6.07) is 14.3. The monoisotopic (exact) mass is 453 g/mol. The molecule has 2 unspecified atom stereocenters. The SMILES string of the molecule is NCC(=O)NCC1CCN(CCc2ccc3ccccc3c2)C(=O)C(CCCN=C(N)N)N1. The molecular formula is C24H35N7O2. The molecule has 1 saturated heterocycles. The minimum Gasteiger partial charge on any atom is -0.370 e. The number of nitrogens with two attached hydrogens (primary N) is 3. The maximum atomic E-state index is 13.3. The molecule has 1 fully saturated rings. The molecule has 2 aromatic carbocycles. The number of carbonyl (C=O) groups is 2. The molecule has 0 spiro atoms. The molecule has 1 aliphatic heterocycles. The average molecular weight is 454 g/mol. The van der Waals surface area contributed by atoms with Crippen LogP contribution in [0.1, 0.15) is 24.8 Å². The van der Waals surface area contributed by atoms with Crippen molar-refractivity contribution in [2.24, 2.45) is 22.2 Å². The molecule has 0 bridgehead atoms. The third kappa shape index (κ3) is 7.44. The van der Waals surface area contributed by atoms with Crippen LogP contribution < -0.4 is 27.8 Å². The number of nitrogens with one attached hydrogen (secondary N) is 2. The van der Waals surface area contributed by atoms with Gasteiger partial charge in [0.05, 0.1) is 12.6 Å². The van der Waals surface area contributed by atoms with Crippen LogP contribution in [-0.2, 0) is 16.0 Å². The summed E-state index contributed by atoms with van der Waals surface area (Å²) >= 11 is 0. The first-order chi connectivity index (χ1) is 16.0. The summed E-state index contributed by atoms with van der Waals surface area (Å²) in [7, 11) is 0. The van der Waals surface area contributed by atoms with Gasteiger partial charge in [0.15, 0.2) is 5.96 Å². The number of hydrogen-bond donors (Lipinski definition) is 5. The summed E-state index contributed by atoms with van der Waals surface area (Å²) in [5.74, 6) is -0.0764. The topological polar surface area (TPSA) is 152 Å². The van der Waals surface area contributed by atoms with Gasteiger partial charge in [-0.3, -0.25) is 14.6 Å². The Morgan fingerprint density at radius 3 is 2.73 bits per heavy atom. The summed E-state index contributed by atoms with van der Waals surface area (Å²) in [5.41, 5.74) is 17.4. The van der Waals surface area contributed by atoms with Crippen molar-refractivity contribution >= 4 is 28.5 Å². The summed E-state index contributed by atoms with van der Waals surface area (Å²) in [6.45, 7) is 2.13. The average Bonchev–Trinajstić information content (AvgIpc) is 2.97. The number of aliphatic imine (C=N–C) groups is 1. The molecule has 2 amide bonds. The van der Waals surface area contributed by atoms with E-state index in [2.05, 4.69) is 46.0 Å². The Hall–Kier alpha value is -3.17. The minimum absolute atomic E-state index is 0.0109. The number of hydrogen-bond acceptors (Lipinski definition) is 5. The molecule has 33 heavy (non-hydrogen) atoms. The van der Waals surface area contributed by atoms with Crippen LogP contribution in [0.2, 0.25) is 0 Å². The van der Waals surface area contributed by atoms with Crippen LogP contribution in [0.4, 0.5) is 0 Å². The van der Waals surface area contributed by atoms with Gasteiger partial charge in [-0.05, 0) is 42.0 Å². The van der Waals surface area contributed by atoms with Crippen molar-refractivity contribution in [1.82, 2.24) is 15.5 Å². The lowest BCUT2D eigenvalue weighted by atomic mass is 10.0. The van der Waals surface area contributed by atoms with Crippen molar-refractivity contribution in [3.63, 3.8) is 0 Å². The Labute approximate surface area is 194 Å². The fourth-order valence-corrected chi connectivity index (χ4v) is 4.14. The van der Waals surface area contributed by atoms with E-state index in [9.17, 15) is 9.59 Å². The minimum atomic E-state index is -0.349. The van der Waals surface area contributed by atoms with Gasteiger partial charge in [0, 0.05) is 32.2 Å². The van der Waals surface area contributed by atoms with Crippen molar-refractivity contribution < 1.29 is 9.59 Å². The van der Waals surface area contributed by atoms with Crippen molar-refractivity contribution in [2.45, 2.75) is 37.8 Å². The van der Waals surface area contributed by atoms with Gasteiger partial charge < -0.3 is 32.7 Å². The smallest absolute Gasteiger partial charge is 0.239 e. The normalized spacial score (nSPS) is 18.7. The highest BCUT2D eigenvalue weighted by molar-refractivity contribution is 5.83. The first kappa shape index (κ1) is 24.5. The van der Waals surface area contributed by atoms with Gasteiger partial charge in [-0.15, -0.1) is 0 Å². The molecule has 3 rings (SSSR count). The molecule has 0 radical (unpaired) electrons. The first-order valence-corrected chi connectivity index (χ1v) is 11.5. The Kier molecular flexibility index (Phi) is 9.03. The standard InChI is InChI=1S/C24H35N7O2/c25-15-22(32)29-16-20-10-13-31(23(33)21(30-20)6-3-11-28-24(26)27)12-9-17-7-8-18-4-1-2-5-19(18)14-17/h1-2,4-5,7-8,14,20-21,30H,3,6,9-13,15-16,25H2,(H,29,32)(H4,26,27,28). The quantitative estimate of drug-likeness (QED) is 0.195. The lowest BCUT2D eigenvalue weighted by molar-refractivity contribution is -0.132. The molecule has 0 aliphatic carbocycles. The van der Waals surface area contributed by atoms with Gasteiger partial charge in [-0.1, -0.05) is 42.5 Å². The summed E-state index contributed by atoms with van der Waals surface area (Å²) in [6.07, 6.45) is 2.83. The summed E-state index contributed by atoms with van der Waals surface area (Å²) < 4.78 is 0. The molecule has 1 aliphatic rings. The molecule has 2 atom stereocenters. The Balaban J connectivity index is 1.64. The van der Waals surface area contributed by atoms with Gasteiger partial charge in [0.1, 0.15) is 0 Å². The largest absolute Gasteiger partial charge is 0.370 e. The van der Waals surface area contributed by atoms with Gasteiger partial charge in [0.2, 0.25) is 11.8 Å². The van der Waals surface area contributed by atoms with Gasteiger partial charge >= 0.3 is 0 Å². The molecule has 178 valence electrons. The van der Waals surface area contributed by atoms with E-state index in [1.165, 1.54) is 16.3 Å². The maximum absolute atomic E-state index is 13.3. The third-order valence-corrected chi connectivity index (χ3v) is 5.95. The van der Waals surface area contributed by atoms with Crippen molar-refractivity contribution in [3.8, 4) is 0 Å². The second kappa shape index (κ2) is 12.2. The number of carbonyl (C=O) groups excluding carboxylic acids is 2. The van der Waals surface area contributed by atoms with E-state index in [1.54, 1.807) is 0 Å². The summed E-state index contributed by atoms with van der Waals surface area (Å²) in [4.78, 5) is 30.9. The van der Waals surface area contributed by atoms with E-state index in [-0.39, 0.29) is 36.4 Å². The highest BCUT2D eigenvalue weighted by Gasteiger charge is 2.30. The van der Waals surface area contributed by atoms with Gasteiger partial charge in [-0.25, -0.2) is 0 Å². The van der Waals surface area contributed by atoms with Crippen LogP contribution in [0.15, 0.2) is 47.5 Å². The molecule has 9 nitrogen and oxygen atoms in total. The zero-order valence-electron chi connectivity index (χ0n) is 19.0. The second-order valence-electron chi connectivity index (χ2n) is 8.42. The number of amides is 2. The van der Waals surface area contributed by atoms with Crippen molar-refractivity contribution in [2.75, 3.05) is 32.7 Å². The zero-order valence-corrected chi connectivity index (χ0v) is 19.0. The molecular weight excluding hydrogens is 418 g/mol. The highest BCUT2D eigenvalue weighted by Crippen LogP contribution is 2.17. The lowest BCUT2D eigenvalue weighted by Gasteiger charge is -2.25. The fraction of sp³-hybridized carbons (Fsp3) is 0.458. The van der Waals surface area contributed by atoms with Crippen LogP contribution in [-0.4, -0.2) is 67.5 Å². The van der Waals surface area contributed by atoms with Gasteiger partial charge in [-0.2, -0.15) is 0 Å². The summed E-state index contributed by atoms with van der Waals surface area (Å²) in [5, 5.41) is 8.66. The van der Waals surface area contributed by atoms with Crippen molar-refractivity contribution in [1.29, 1.82) is 0 Å². The molecule has 0 saturated carbocycles. The number of guanidine groups is 1. The maximum Gasteiger partial charge on any atom is 0.239 e. The molecule has 0 aromatic heterocycles. The van der Waals surface area contributed by atoms with Crippen LogP contribution in [0, 0.1) is 0 Å². The number of nitrogens with zero attached hydrogens (tertiary/aromatic N) is 2. The number of benzene rings is 2. The Bertz CT molecular complexity index is 974. The van der Waals surface area contributed by atoms with E-state index in [0.717, 1.165) is 12.8 Å². The van der Waals surface area contributed by atoms with E-state index in [0.29, 0.717) is 39.0 Å². The lowest BCUT2D eigenvalue weighted by Crippen LogP contribution is -2.49. The van der Waals surface area contributed by atoms with Crippen LogP contribution >= 0.6 is 0 Å². The Morgan fingerprint density at radius 1 is 1.18 bits per heavy atom. The van der Waals surface area contributed by atoms with Crippen LogP contribution in [0.3, 0.4) is 0 Å². The van der Waals surface area contributed by atoms with E-state index in [1.807, 2.05) is 17.0 Å². The zero-order chi connectivity index (χ0) is 23.6. The highest BCUT2D eigenvalue weighted by atomic mass is 16.2. The first-order valence-electron chi connectivity index (χ1n) is 11.5. The molecule has 8 N–H and O–H groups in total. The Morgan fingerprint density at radius 2 is 1.97 bits per heavy atom. The molecule has 2 aromatic rings. The molecule has 1 heterocycles. The van der Waals surface area contributed by atoms with E-state index in [4.69, 9.17) is 17.2 Å². The van der Waals surface area contributed by atoms with Crippen LogP contribution in [0.5, 0.6) is 0 Å².